The molecule has 0 bridgehead atoms. The van der Waals surface area contributed by atoms with Crippen LogP contribution in [0.2, 0.25) is 10.0 Å². The number of anilines is 1. The minimum absolute atomic E-state index is 0.397. The van der Waals surface area contributed by atoms with Crippen molar-refractivity contribution in [3.63, 3.8) is 0 Å². The third kappa shape index (κ3) is 2.40. The maximum Gasteiger partial charge on any atom is 0.168 e. The minimum atomic E-state index is 0.397. The molecule has 0 aliphatic carbocycles. The van der Waals surface area contributed by atoms with Gasteiger partial charge in [-0.3, -0.25) is 0 Å². The highest BCUT2D eigenvalue weighted by Crippen LogP contribution is 2.37. The average Bonchev–Trinajstić information content (AvgIpc) is 2.25. The molecule has 0 fully saturated rings. The Morgan fingerprint density at radius 2 is 1.69 bits per heavy atom. The first kappa shape index (κ1) is 11.1. The van der Waals surface area contributed by atoms with Crippen LogP contribution in [-0.2, 0) is 0 Å². The van der Waals surface area contributed by atoms with Crippen LogP contribution in [0.4, 0.5) is 5.69 Å². The predicted octanol–water partition coefficient (Wildman–Crippen LogP) is 4.37. The summed E-state index contributed by atoms with van der Waals surface area (Å²) in [6.07, 6.45) is 0. The molecule has 0 saturated heterocycles. The normalized spacial score (nSPS) is 10.1. The van der Waals surface area contributed by atoms with Crippen molar-refractivity contribution >= 4 is 28.9 Å². The van der Waals surface area contributed by atoms with Crippen molar-refractivity contribution < 1.29 is 4.74 Å². The molecule has 2 aromatic rings. The molecule has 0 heterocycles. The number of benzene rings is 2. The summed E-state index contributed by atoms with van der Waals surface area (Å²) in [7, 11) is 0. The molecule has 4 heteroatoms. The average molecular weight is 254 g/mol. The van der Waals surface area contributed by atoms with Crippen molar-refractivity contribution in [3.05, 3.63) is 52.5 Å². The van der Waals surface area contributed by atoms with Crippen molar-refractivity contribution in [1.82, 2.24) is 0 Å². The number of hydrogen-bond donors (Lipinski definition) is 1. The smallest absolute Gasteiger partial charge is 0.168 e. The van der Waals surface area contributed by atoms with Crippen LogP contribution in [-0.4, -0.2) is 0 Å². The lowest BCUT2D eigenvalue weighted by Gasteiger charge is -2.10. The number of nitrogens with two attached hydrogens (primary N) is 1. The molecule has 16 heavy (non-hydrogen) atoms. The van der Waals surface area contributed by atoms with E-state index in [1.807, 2.05) is 30.3 Å². The summed E-state index contributed by atoms with van der Waals surface area (Å²) in [6.45, 7) is 0. The van der Waals surface area contributed by atoms with Gasteiger partial charge in [0.05, 0.1) is 10.7 Å². The summed E-state index contributed by atoms with van der Waals surface area (Å²) in [4.78, 5) is 0. The fourth-order valence-corrected chi connectivity index (χ4v) is 1.84. The van der Waals surface area contributed by atoms with Crippen LogP contribution >= 0.6 is 23.2 Å². The van der Waals surface area contributed by atoms with Crippen LogP contribution in [0.5, 0.6) is 11.5 Å². The summed E-state index contributed by atoms with van der Waals surface area (Å²) >= 11 is 11.8. The topological polar surface area (TPSA) is 35.2 Å². The molecule has 82 valence electrons. The Morgan fingerprint density at radius 3 is 2.31 bits per heavy atom. The number of para-hydroxylation sites is 1. The van der Waals surface area contributed by atoms with E-state index in [0.717, 1.165) is 0 Å². The Bertz CT molecular complexity index is 477. The molecule has 0 saturated carbocycles. The van der Waals surface area contributed by atoms with E-state index >= 15 is 0 Å². The van der Waals surface area contributed by atoms with Gasteiger partial charge >= 0.3 is 0 Å². The minimum Gasteiger partial charge on any atom is -0.454 e. The lowest BCUT2D eigenvalue weighted by molar-refractivity contribution is 0.485. The summed E-state index contributed by atoms with van der Waals surface area (Å²) in [5, 5.41) is 0.886. The molecule has 0 amide bonds. The second kappa shape index (κ2) is 4.64. The van der Waals surface area contributed by atoms with Crippen LogP contribution in [0.25, 0.3) is 0 Å². The molecule has 0 unspecified atom stereocenters. The third-order valence-electron chi connectivity index (χ3n) is 2.00. The maximum absolute atomic E-state index is 6.00. The first-order valence-electron chi connectivity index (χ1n) is 4.64. The summed E-state index contributed by atoms with van der Waals surface area (Å²) in [5.74, 6) is 1.11. The maximum atomic E-state index is 6.00. The van der Waals surface area contributed by atoms with Gasteiger partial charge in [0.15, 0.2) is 5.75 Å². The molecular formula is C12H9Cl2NO. The van der Waals surface area contributed by atoms with Gasteiger partial charge in [0, 0.05) is 5.02 Å². The number of ether oxygens (including phenoxy) is 1. The number of rotatable bonds is 2. The molecule has 0 atom stereocenters. The monoisotopic (exact) mass is 253 g/mol. The third-order valence-corrected chi connectivity index (χ3v) is 2.50. The zero-order valence-electron chi connectivity index (χ0n) is 8.28. The van der Waals surface area contributed by atoms with Crippen LogP contribution < -0.4 is 10.5 Å². The van der Waals surface area contributed by atoms with Gasteiger partial charge in [-0.15, -0.1) is 0 Å². The van der Waals surface area contributed by atoms with Gasteiger partial charge < -0.3 is 10.5 Å². The standard InChI is InChI=1S/C12H9Cl2NO/c13-8-6-10(14)12(11(15)7-8)16-9-4-2-1-3-5-9/h1-7H,15H2. The predicted molar refractivity (Wildman–Crippen MR) is 67.4 cm³/mol. The van der Waals surface area contributed by atoms with Crippen LogP contribution in [0, 0.1) is 0 Å². The van der Waals surface area contributed by atoms with Gasteiger partial charge in [0.2, 0.25) is 0 Å². The van der Waals surface area contributed by atoms with Gasteiger partial charge in [-0.25, -0.2) is 0 Å². The molecule has 2 nitrogen and oxygen atoms in total. The highest BCUT2D eigenvalue weighted by atomic mass is 35.5. The van der Waals surface area contributed by atoms with Gasteiger partial charge in [-0.1, -0.05) is 41.4 Å². The van der Waals surface area contributed by atoms with Crippen molar-refractivity contribution in [3.8, 4) is 11.5 Å². The Labute approximate surface area is 104 Å². The van der Waals surface area contributed by atoms with Crippen LogP contribution in [0.15, 0.2) is 42.5 Å². The first-order chi connectivity index (χ1) is 7.66. The van der Waals surface area contributed by atoms with Gasteiger partial charge in [0.1, 0.15) is 5.75 Å². The van der Waals surface area contributed by atoms with Crippen molar-refractivity contribution in [1.29, 1.82) is 0 Å². The fraction of sp³-hybridized carbons (Fsp3) is 0. The van der Waals surface area contributed by atoms with E-state index in [4.69, 9.17) is 33.7 Å². The Kier molecular flexibility index (Phi) is 3.22. The SMILES string of the molecule is Nc1cc(Cl)cc(Cl)c1Oc1ccccc1. The number of nitrogen functional groups attached to an aromatic ring is 1. The van der Waals surface area contributed by atoms with E-state index in [9.17, 15) is 0 Å². The van der Waals surface area contributed by atoms with Crippen molar-refractivity contribution in [2.24, 2.45) is 0 Å². The second-order valence-corrected chi connectivity index (χ2v) is 4.06. The van der Waals surface area contributed by atoms with Crippen molar-refractivity contribution in [2.45, 2.75) is 0 Å². The van der Waals surface area contributed by atoms with Crippen molar-refractivity contribution in [2.75, 3.05) is 5.73 Å². The summed E-state index contributed by atoms with van der Waals surface area (Å²) in [6, 6.07) is 12.5. The Morgan fingerprint density at radius 1 is 1.00 bits per heavy atom. The zero-order valence-corrected chi connectivity index (χ0v) is 9.79. The molecule has 0 aliphatic rings. The highest BCUT2D eigenvalue weighted by Gasteiger charge is 2.08. The Balaban J connectivity index is 2.35. The van der Waals surface area contributed by atoms with E-state index in [-0.39, 0.29) is 0 Å². The molecule has 0 spiro atoms. The molecule has 2 aromatic carbocycles. The van der Waals surface area contributed by atoms with Gasteiger partial charge in [0.25, 0.3) is 0 Å². The largest absolute Gasteiger partial charge is 0.454 e. The Hall–Kier alpha value is -1.38. The zero-order chi connectivity index (χ0) is 11.5. The molecule has 0 aliphatic heterocycles. The fourth-order valence-electron chi connectivity index (χ4n) is 1.29. The summed E-state index contributed by atoms with van der Waals surface area (Å²) in [5.41, 5.74) is 6.19. The molecule has 2 rings (SSSR count). The molecule has 0 aromatic heterocycles. The molecule has 2 N–H and O–H groups in total. The quantitative estimate of drug-likeness (QED) is 0.807. The van der Waals surface area contributed by atoms with Crippen LogP contribution in [0.1, 0.15) is 0 Å². The van der Waals surface area contributed by atoms with E-state index < -0.39 is 0 Å². The van der Waals surface area contributed by atoms with E-state index in [0.29, 0.717) is 27.2 Å². The number of hydrogen-bond acceptors (Lipinski definition) is 2. The van der Waals surface area contributed by atoms with E-state index in [1.165, 1.54) is 0 Å². The molecule has 0 radical (unpaired) electrons. The second-order valence-electron chi connectivity index (χ2n) is 3.22. The first-order valence-corrected chi connectivity index (χ1v) is 5.40. The van der Waals surface area contributed by atoms with E-state index in [2.05, 4.69) is 0 Å². The van der Waals surface area contributed by atoms with Gasteiger partial charge in [-0.05, 0) is 24.3 Å². The highest BCUT2D eigenvalue weighted by molar-refractivity contribution is 6.36. The number of halogens is 2. The molecular weight excluding hydrogens is 245 g/mol. The van der Waals surface area contributed by atoms with Gasteiger partial charge in [-0.2, -0.15) is 0 Å². The van der Waals surface area contributed by atoms with Crippen LogP contribution in [0.3, 0.4) is 0 Å². The lowest BCUT2D eigenvalue weighted by atomic mass is 10.3. The lowest BCUT2D eigenvalue weighted by Crippen LogP contribution is -1.93. The van der Waals surface area contributed by atoms with E-state index in [1.54, 1.807) is 12.1 Å². The summed E-state index contributed by atoms with van der Waals surface area (Å²) < 4.78 is 5.58.